The highest BCUT2D eigenvalue weighted by atomic mass is 35.5. The van der Waals surface area contributed by atoms with Gasteiger partial charge in [0.15, 0.2) is 0 Å². The van der Waals surface area contributed by atoms with Gasteiger partial charge in [0, 0.05) is 25.2 Å². The third-order valence-electron chi connectivity index (χ3n) is 4.93. The Hall–Kier alpha value is -1.63. The summed E-state index contributed by atoms with van der Waals surface area (Å²) in [7, 11) is 0. The molecule has 27 heavy (non-hydrogen) atoms. The normalized spacial score (nSPS) is 21.7. The van der Waals surface area contributed by atoms with Crippen LogP contribution in [0.3, 0.4) is 0 Å². The summed E-state index contributed by atoms with van der Waals surface area (Å²) in [5, 5.41) is 2.86. The van der Waals surface area contributed by atoms with Crippen molar-refractivity contribution in [1.29, 1.82) is 0 Å². The molecule has 1 saturated heterocycles. The van der Waals surface area contributed by atoms with Crippen LogP contribution < -0.4 is 11.1 Å². The Morgan fingerprint density at radius 2 is 1.78 bits per heavy atom. The maximum atomic E-state index is 12.6. The fourth-order valence-corrected chi connectivity index (χ4v) is 3.11. The average Bonchev–Trinajstić information content (AvgIpc) is 2.63. The van der Waals surface area contributed by atoms with Gasteiger partial charge in [-0.05, 0) is 37.5 Å². The SMILES string of the molecule is CCC(C)C(N)C(=O)NCc1ccc(C(=O)N2CC(C)OC(C)C2)cc1.Cl. The van der Waals surface area contributed by atoms with E-state index in [0.29, 0.717) is 25.2 Å². The monoisotopic (exact) mass is 397 g/mol. The molecule has 0 radical (unpaired) electrons. The number of hydrogen-bond acceptors (Lipinski definition) is 4. The molecule has 2 amide bonds. The fourth-order valence-electron chi connectivity index (χ4n) is 3.11. The maximum Gasteiger partial charge on any atom is 0.254 e. The maximum absolute atomic E-state index is 12.6. The first kappa shape index (κ1) is 23.4. The molecule has 4 atom stereocenters. The van der Waals surface area contributed by atoms with Gasteiger partial charge in [0.2, 0.25) is 5.91 Å². The molecular formula is C20H32ClN3O3. The number of benzene rings is 1. The molecule has 3 N–H and O–H groups in total. The Labute approximate surface area is 168 Å². The van der Waals surface area contributed by atoms with Crippen LogP contribution in [0.2, 0.25) is 0 Å². The lowest BCUT2D eigenvalue weighted by Crippen LogP contribution is -2.48. The van der Waals surface area contributed by atoms with E-state index in [0.717, 1.165) is 12.0 Å². The van der Waals surface area contributed by atoms with Crippen molar-refractivity contribution in [1.82, 2.24) is 10.2 Å². The third kappa shape index (κ3) is 6.48. The van der Waals surface area contributed by atoms with E-state index in [-0.39, 0.29) is 42.3 Å². The average molecular weight is 398 g/mol. The molecule has 1 fully saturated rings. The van der Waals surface area contributed by atoms with Crippen LogP contribution >= 0.6 is 12.4 Å². The van der Waals surface area contributed by atoms with Gasteiger partial charge in [-0.25, -0.2) is 0 Å². The quantitative estimate of drug-likeness (QED) is 0.771. The molecule has 1 heterocycles. The molecule has 0 spiro atoms. The Bertz CT molecular complexity index is 613. The highest BCUT2D eigenvalue weighted by Gasteiger charge is 2.26. The number of amides is 2. The molecule has 0 aliphatic carbocycles. The summed E-state index contributed by atoms with van der Waals surface area (Å²) in [5.41, 5.74) is 7.52. The van der Waals surface area contributed by atoms with E-state index in [2.05, 4.69) is 5.32 Å². The standard InChI is InChI=1S/C20H31N3O3.ClH/c1-5-13(2)18(21)19(24)22-10-16-6-8-17(9-7-16)20(25)23-11-14(3)26-15(4)12-23;/h6-9,13-15,18H,5,10-12,21H2,1-4H3,(H,22,24);1H. The highest BCUT2D eigenvalue weighted by molar-refractivity contribution is 5.94. The number of carbonyl (C=O) groups is 2. The fraction of sp³-hybridized carbons (Fsp3) is 0.600. The van der Waals surface area contributed by atoms with Crippen molar-refractivity contribution in [2.24, 2.45) is 11.7 Å². The number of nitrogens with two attached hydrogens (primary N) is 1. The Balaban J connectivity index is 0.00000364. The number of nitrogens with one attached hydrogen (secondary N) is 1. The number of ether oxygens (including phenoxy) is 1. The highest BCUT2D eigenvalue weighted by Crippen LogP contribution is 2.15. The molecule has 0 bridgehead atoms. The van der Waals surface area contributed by atoms with Gasteiger partial charge in [-0.2, -0.15) is 0 Å². The molecule has 1 aromatic rings. The zero-order valence-corrected chi connectivity index (χ0v) is 17.4. The van der Waals surface area contributed by atoms with E-state index in [9.17, 15) is 9.59 Å². The first-order valence-electron chi connectivity index (χ1n) is 9.38. The largest absolute Gasteiger partial charge is 0.372 e. The molecule has 1 aliphatic rings. The van der Waals surface area contributed by atoms with Crippen LogP contribution in [0.1, 0.15) is 50.0 Å². The molecule has 0 aromatic heterocycles. The summed E-state index contributed by atoms with van der Waals surface area (Å²) in [6, 6.07) is 6.86. The molecule has 4 unspecified atom stereocenters. The van der Waals surface area contributed by atoms with Crippen molar-refractivity contribution in [3.63, 3.8) is 0 Å². The van der Waals surface area contributed by atoms with Crippen molar-refractivity contribution < 1.29 is 14.3 Å². The van der Waals surface area contributed by atoms with E-state index >= 15 is 0 Å². The van der Waals surface area contributed by atoms with Gasteiger partial charge in [0.25, 0.3) is 5.91 Å². The number of hydrogen-bond donors (Lipinski definition) is 2. The number of nitrogens with zero attached hydrogens (tertiary/aromatic N) is 1. The van der Waals surface area contributed by atoms with Gasteiger partial charge in [0.05, 0.1) is 18.2 Å². The summed E-state index contributed by atoms with van der Waals surface area (Å²) in [5.74, 6) is 0.0190. The van der Waals surface area contributed by atoms with Crippen molar-refractivity contribution in [2.75, 3.05) is 13.1 Å². The van der Waals surface area contributed by atoms with Crippen LogP contribution in [0.25, 0.3) is 0 Å². The minimum Gasteiger partial charge on any atom is -0.372 e. The second-order valence-electron chi connectivity index (χ2n) is 7.29. The predicted octanol–water partition coefficient (Wildman–Crippen LogP) is 2.35. The Morgan fingerprint density at radius 3 is 2.30 bits per heavy atom. The lowest BCUT2D eigenvalue weighted by Gasteiger charge is -2.35. The number of halogens is 1. The van der Waals surface area contributed by atoms with Crippen molar-refractivity contribution >= 4 is 24.2 Å². The topological polar surface area (TPSA) is 84.7 Å². The van der Waals surface area contributed by atoms with Crippen LogP contribution in [0.5, 0.6) is 0 Å². The van der Waals surface area contributed by atoms with Crippen LogP contribution in [-0.4, -0.2) is 48.1 Å². The summed E-state index contributed by atoms with van der Waals surface area (Å²) >= 11 is 0. The molecular weight excluding hydrogens is 366 g/mol. The first-order valence-corrected chi connectivity index (χ1v) is 9.38. The Morgan fingerprint density at radius 1 is 1.22 bits per heavy atom. The van der Waals surface area contributed by atoms with E-state index in [1.165, 1.54) is 0 Å². The van der Waals surface area contributed by atoms with Gasteiger partial charge < -0.3 is 20.7 Å². The molecule has 0 saturated carbocycles. The van der Waals surface area contributed by atoms with Crippen molar-refractivity contribution in [2.45, 2.75) is 58.9 Å². The van der Waals surface area contributed by atoms with Crippen LogP contribution in [0.15, 0.2) is 24.3 Å². The first-order chi connectivity index (χ1) is 12.3. The second kappa shape index (κ2) is 10.6. The van der Waals surface area contributed by atoms with Gasteiger partial charge in [-0.3, -0.25) is 9.59 Å². The van der Waals surface area contributed by atoms with Crippen LogP contribution in [0, 0.1) is 5.92 Å². The van der Waals surface area contributed by atoms with Crippen LogP contribution in [0.4, 0.5) is 0 Å². The third-order valence-corrected chi connectivity index (χ3v) is 4.93. The van der Waals surface area contributed by atoms with Gasteiger partial charge >= 0.3 is 0 Å². The lowest BCUT2D eigenvalue weighted by atomic mass is 9.99. The minimum atomic E-state index is -0.494. The smallest absolute Gasteiger partial charge is 0.254 e. The minimum absolute atomic E-state index is 0. The molecule has 2 rings (SSSR count). The zero-order chi connectivity index (χ0) is 19.3. The van der Waals surface area contributed by atoms with E-state index in [1.807, 2.05) is 56.9 Å². The zero-order valence-electron chi connectivity index (χ0n) is 16.6. The summed E-state index contributed by atoms with van der Waals surface area (Å²) < 4.78 is 5.68. The molecule has 152 valence electrons. The van der Waals surface area contributed by atoms with Crippen molar-refractivity contribution in [3.8, 4) is 0 Å². The molecule has 7 heteroatoms. The second-order valence-corrected chi connectivity index (χ2v) is 7.29. The summed E-state index contributed by atoms with van der Waals surface area (Å²) in [6.45, 7) is 9.56. The van der Waals surface area contributed by atoms with E-state index in [4.69, 9.17) is 10.5 Å². The predicted molar refractivity (Wildman–Crippen MR) is 109 cm³/mol. The molecule has 6 nitrogen and oxygen atoms in total. The van der Waals surface area contributed by atoms with E-state index in [1.54, 1.807) is 0 Å². The van der Waals surface area contributed by atoms with Crippen molar-refractivity contribution in [3.05, 3.63) is 35.4 Å². The number of rotatable bonds is 6. The summed E-state index contributed by atoms with van der Waals surface area (Å²) in [4.78, 5) is 26.5. The number of morpholine rings is 1. The van der Waals surface area contributed by atoms with E-state index < -0.39 is 6.04 Å². The van der Waals surface area contributed by atoms with Gasteiger partial charge in [-0.1, -0.05) is 32.4 Å². The summed E-state index contributed by atoms with van der Waals surface area (Å²) in [6.07, 6.45) is 0.961. The van der Waals surface area contributed by atoms with Gasteiger partial charge in [-0.15, -0.1) is 12.4 Å². The molecule has 1 aromatic carbocycles. The van der Waals surface area contributed by atoms with Gasteiger partial charge in [0.1, 0.15) is 0 Å². The lowest BCUT2D eigenvalue weighted by molar-refractivity contribution is -0.123. The molecule has 1 aliphatic heterocycles. The van der Waals surface area contributed by atoms with Crippen LogP contribution in [-0.2, 0) is 16.1 Å². The number of carbonyl (C=O) groups excluding carboxylic acids is 2. The Kier molecular flexibility index (Phi) is 9.22.